The number of carbonyl (C=O) groups is 1. The number of hydrogen-bond acceptors (Lipinski definition) is 4. The molecule has 0 unspecified atom stereocenters. The lowest BCUT2D eigenvalue weighted by atomic mass is 9.94. The SMILES string of the molecule is COCCCNC(=O)C1(c2ccc3c(c2)OCCO3)CC1. The molecule has 5 nitrogen and oxygen atoms in total. The number of rotatable bonds is 6. The molecule has 21 heavy (non-hydrogen) atoms. The lowest BCUT2D eigenvalue weighted by Gasteiger charge is -2.21. The Morgan fingerprint density at radius 2 is 2.05 bits per heavy atom. The zero-order valence-electron chi connectivity index (χ0n) is 12.3. The molecule has 1 heterocycles. The van der Waals surface area contributed by atoms with Gasteiger partial charge in [-0.2, -0.15) is 0 Å². The van der Waals surface area contributed by atoms with Gasteiger partial charge >= 0.3 is 0 Å². The van der Waals surface area contributed by atoms with E-state index in [2.05, 4.69) is 5.32 Å². The average Bonchev–Trinajstić information content (AvgIpc) is 3.33. The molecule has 1 aliphatic carbocycles. The first kappa shape index (κ1) is 14.2. The maximum absolute atomic E-state index is 12.4. The fourth-order valence-electron chi connectivity index (χ4n) is 2.70. The molecule has 1 aromatic rings. The number of amides is 1. The Kier molecular flexibility index (Phi) is 4.01. The van der Waals surface area contributed by atoms with Crippen LogP contribution in [0.15, 0.2) is 18.2 Å². The Bertz CT molecular complexity index is 525. The van der Waals surface area contributed by atoms with E-state index in [1.807, 2.05) is 18.2 Å². The van der Waals surface area contributed by atoms with Gasteiger partial charge in [-0.25, -0.2) is 0 Å². The lowest BCUT2D eigenvalue weighted by Crippen LogP contribution is -2.35. The van der Waals surface area contributed by atoms with Crippen molar-refractivity contribution in [1.82, 2.24) is 5.32 Å². The van der Waals surface area contributed by atoms with Crippen LogP contribution in [0.4, 0.5) is 0 Å². The number of fused-ring (bicyclic) bond motifs is 1. The molecule has 0 spiro atoms. The van der Waals surface area contributed by atoms with Gasteiger partial charge in [-0.05, 0) is 37.0 Å². The van der Waals surface area contributed by atoms with Gasteiger partial charge in [0.15, 0.2) is 11.5 Å². The average molecular weight is 291 g/mol. The minimum Gasteiger partial charge on any atom is -0.486 e. The summed E-state index contributed by atoms with van der Waals surface area (Å²) in [6.07, 6.45) is 2.62. The Balaban J connectivity index is 1.69. The lowest BCUT2D eigenvalue weighted by molar-refractivity contribution is -0.123. The molecule has 0 radical (unpaired) electrons. The van der Waals surface area contributed by atoms with Crippen molar-refractivity contribution < 1.29 is 19.0 Å². The molecular weight excluding hydrogens is 270 g/mol. The predicted octanol–water partition coefficient (Wildman–Crippen LogP) is 1.64. The number of hydrogen-bond donors (Lipinski definition) is 1. The van der Waals surface area contributed by atoms with Gasteiger partial charge in [0, 0.05) is 20.3 Å². The third kappa shape index (κ3) is 2.83. The maximum atomic E-state index is 12.4. The van der Waals surface area contributed by atoms with E-state index in [9.17, 15) is 4.79 Å². The summed E-state index contributed by atoms with van der Waals surface area (Å²) in [6.45, 7) is 2.46. The Hall–Kier alpha value is -1.75. The van der Waals surface area contributed by atoms with E-state index in [1.54, 1.807) is 7.11 Å². The summed E-state index contributed by atoms with van der Waals surface area (Å²) in [7, 11) is 1.67. The smallest absolute Gasteiger partial charge is 0.230 e. The Labute approximate surface area is 124 Å². The molecule has 1 aliphatic heterocycles. The molecular formula is C16H21NO4. The highest BCUT2D eigenvalue weighted by Crippen LogP contribution is 2.50. The predicted molar refractivity (Wildman–Crippen MR) is 77.8 cm³/mol. The Morgan fingerprint density at radius 3 is 2.76 bits per heavy atom. The third-order valence-electron chi connectivity index (χ3n) is 4.09. The largest absolute Gasteiger partial charge is 0.486 e. The minimum absolute atomic E-state index is 0.107. The highest BCUT2D eigenvalue weighted by molar-refractivity contribution is 5.91. The van der Waals surface area contributed by atoms with Crippen LogP contribution in [0.25, 0.3) is 0 Å². The molecule has 114 valence electrons. The molecule has 3 rings (SSSR count). The van der Waals surface area contributed by atoms with Gasteiger partial charge < -0.3 is 19.5 Å². The first-order valence-corrected chi connectivity index (χ1v) is 7.44. The zero-order chi connectivity index (χ0) is 14.7. The second kappa shape index (κ2) is 5.93. The molecule has 1 aromatic carbocycles. The quantitative estimate of drug-likeness (QED) is 0.810. The van der Waals surface area contributed by atoms with Gasteiger partial charge in [0.1, 0.15) is 13.2 Å². The van der Waals surface area contributed by atoms with Crippen molar-refractivity contribution in [2.75, 3.05) is 33.5 Å². The van der Waals surface area contributed by atoms with Gasteiger partial charge in [-0.15, -0.1) is 0 Å². The molecule has 0 atom stereocenters. The topological polar surface area (TPSA) is 56.8 Å². The summed E-state index contributed by atoms with van der Waals surface area (Å²) in [4.78, 5) is 12.4. The molecule has 1 saturated carbocycles. The van der Waals surface area contributed by atoms with Crippen molar-refractivity contribution in [2.45, 2.75) is 24.7 Å². The van der Waals surface area contributed by atoms with Gasteiger partial charge in [-0.1, -0.05) is 6.07 Å². The molecule has 1 amide bonds. The standard InChI is InChI=1S/C16H21NO4/c1-19-8-2-7-17-15(18)16(5-6-16)12-3-4-13-14(11-12)21-10-9-20-13/h3-4,11H,2,5-10H2,1H3,(H,17,18). The number of carbonyl (C=O) groups excluding carboxylic acids is 1. The van der Waals surface area contributed by atoms with E-state index < -0.39 is 0 Å². The Morgan fingerprint density at radius 1 is 1.29 bits per heavy atom. The van der Waals surface area contributed by atoms with Gasteiger partial charge in [0.05, 0.1) is 5.41 Å². The fraction of sp³-hybridized carbons (Fsp3) is 0.562. The molecule has 2 aliphatic rings. The van der Waals surface area contributed by atoms with Crippen LogP contribution in [0.2, 0.25) is 0 Å². The van der Waals surface area contributed by atoms with Gasteiger partial charge in [-0.3, -0.25) is 4.79 Å². The highest BCUT2D eigenvalue weighted by atomic mass is 16.6. The summed E-state index contributed by atoms with van der Waals surface area (Å²) in [5.41, 5.74) is 0.652. The molecule has 1 fully saturated rings. The first-order valence-electron chi connectivity index (χ1n) is 7.44. The number of ether oxygens (including phenoxy) is 3. The van der Waals surface area contributed by atoms with Crippen LogP contribution in [0, 0.1) is 0 Å². The summed E-state index contributed by atoms with van der Waals surface area (Å²) < 4.78 is 16.1. The number of benzene rings is 1. The zero-order valence-corrected chi connectivity index (χ0v) is 12.3. The normalized spacial score (nSPS) is 18.1. The van der Waals surface area contributed by atoms with Crippen molar-refractivity contribution >= 4 is 5.91 Å². The van der Waals surface area contributed by atoms with Crippen LogP contribution in [0.3, 0.4) is 0 Å². The van der Waals surface area contributed by atoms with E-state index in [1.165, 1.54) is 0 Å². The van der Waals surface area contributed by atoms with Crippen molar-refractivity contribution in [1.29, 1.82) is 0 Å². The second-order valence-corrected chi connectivity index (χ2v) is 5.54. The summed E-state index contributed by atoms with van der Waals surface area (Å²) in [5.74, 6) is 1.62. The molecule has 5 heteroatoms. The number of nitrogens with one attached hydrogen (secondary N) is 1. The van der Waals surface area contributed by atoms with Gasteiger partial charge in [0.2, 0.25) is 5.91 Å². The second-order valence-electron chi connectivity index (χ2n) is 5.54. The van der Waals surface area contributed by atoms with Crippen LogP contribution in [0.1, 0.15) is 24.8 Å². The molecule has 0 aromatic heterocycles. The van der Waals surface area contributed by atoms with Crippen LogP contribution < -0.4 is 14.8 Å². The van der Waals surface area contributed by atoms with Crippen molar-refractivity contribution in [3.63, 3.8) is 0 Å². The molecule has 0 bridgehead atoms. The summed E-state index contributed by atoms with van der Waals surface area (Å²) in [6, 6.07) is 5.84. The van der Waals surface area contributed by atoms with Crippen LogP contribution in [0.5, 0.6) is 11.5 Å². The van der Waals surface area contributed by atoms with E-state index >= 15 is 0 Å². The van der Waals surface area contributed by atoms with Crippen LogP contribution in [-0.2, 0) is 14.9 Å². The molecule has 0 saturated heterocycles. The van der Waals surface area contributed by atoms with Crippen LogP contribution >= 0.6 is 0 Å². The van der Waals surface area contributed by atoms with E-state index in [0.29, 0.717) is 26.4 Å². The fourth-order valence-corrected chi connectivity index (χ4v) is 2.70. The van der Waals surface area contributed by atoms with E-state index in [0.717, 1.165) is 36.3 Å². The van der Waals surface area contributed by atoms with Gasteiger partial charge in [0.25, 0.3) is 0 Å². The van der Waals surface area contributed by atoms with Crippen molar-refractivity contribution in [3.05, 3.63) is 23.8 Å². The van der Waals surface area contributed by atoms with Crippen molar-refractivity contribution in [3.8, 4) is 11.5 Å². The number of methoxy groups -OCH3 is 1. The maximum Gasteiger partial charge on any atom is 0.230 e. The van der Waals surface area contributed by atoms with Crippen LogP contribution in [-0.4, -0.2) is 39.4 Å². The monoisotopic (exact) mass is 291 g/mol. The van der Waals surface area contributed by atoms with E-state index in [-0.39, 0.29) is 11.3 Å². The van der Waals surface area contributed by atoms with Crippen molar-refractivity contribution in [2.24, 2.45) is 0 Å². The summed E-state index contributed by atoms with van der Waals surface area (Å²) >= 11 is 0. The molecule has 1 N–H and O–H groups in total. The highest BCUT2D eigenvalue weighted by Gasteiger charge is 2.51. The third-order valence-corrected chi connectivity index (χ3v) is 4.09. The first-order chi connectivity index (χ1) is 10.3. The minimum atomic E-state index is -0.372. The summed E-state index contributed by atoms with van der Waals surface area (Å²) in [5, 5.41) is 3.01. The van der Waals surface area contributed by atoms with E-state index in [4.69, 9.17) is 14.2 Å².